The molecule has 0 spiro atoms. The van der Waals surface area contributed by atoms with E-state index in [1.54, 1.807) is 6.07 Å². The Morgan fingerprint density at radius 1 is 1.59 bits per heavy atom. The van der Waals surface area contributed by atoms with E-state index >= 15 is 0 Å². The number of rotatable bonds is 5. The molecule has 0 aromatic carbocycles. The minimum absolute atomic E-state index is 0.0366. The molecule has 1 N–H and O–H groups in total. The van der Waals surface area contributed by atoms with Crippen LogP contribution in [0.2, 0.25) is 0 Å². The molecule has 1 saturated carbocycles. The van der Waals surface area contributed by atoms with Gasteiger partial charge in [-0.15, -0.1) is 0 Å². The average molecular weight is 237 g/mol. The van der Waals surface area contributed by atoms with E-state index in [0.717, 1.165) is 24.6 Å². The lowest BCUT2D eigenvalue weighted by Gasteiger charge is -2.29. The Labute approximate surface area is 101 Å². The summed E-state index contributed by atoms with van der Waals surface area (Å²) < 4.78 is 5.20. The molecule has 0 amide bonds. The average Bonchev–Trinajstić information content (AvgIpc) is 2.55. The Kier molecular flexibility index (Phi) is 3.52. The van der Waals surface area contributed by atoms with Crippen molar-refractivity contribution in [2.45, 2.75) is 32.7 Å². The Morgan fingerprint density at radius 2 is 2.29 bits per heavy atom. The third kappa shape index (κ3) is 2.88. The first-order valence-electron chi connectivity index (χ1n) is 6.07. The molecule has 4 heteroatoms. The Morgan fingerprint density at radius 3 is 2.76 bits per heavy atom. The molecule has 1 aromatic heterocycles. The smallest absolute Gasteiger partial charge is 0.371 e. The Hall–Kier alpha value is -1.29. The number of aromatic carboxylic acids is 1. The lowest BCUT2D eigenvalue weighted by Crippen LogP contribution is -2.29. The molecule has 0 unspecified atom stereocenters. The van der Waals surface area contributed by atoms with Gasteiger partial charge in [-0.2, -0.15) is 0 Å². The lowest BCUT2D eigenvalue weighted by molar-refractivity contribution is 0.0661. The van der Waals surface area contributed by atoms with E-state index in [1.807, 2.05) is 6.92 Å². The van der Waals surface area contributed by atoms with Gasteiger partial charge in [0.05, 0.1) is 0 Å². The first-order chi connectivity index (χ1) is 8.06. The highest BCUT2D eigenvalue weighted by atomic mass is 16.4. The van der Waals surface area contributed by atoms with Crippen molar-refractivity contribution in [3.63, 3.8) is 0 Å². The van der Waals surface area contributed by atoms with Gasteiger partial charge in [0.25, 0.3) is 0 Å². The van der Waals surface area contributed by atoms with Crippen LogP contribution in [0.1, 0.15) is 41.1 Å². The number of carboxylic acid groups (broad SMARTS) is 1. The molecule has 1 fully saturated rings. The Balaban J connectivity index is 1.94. The maximum absolute atomic E-state index is 10.8. The van der Waals surface area contributed by atoms with E-state index in [2.05, 4.69) is 11.9 Å². The molecule has 0 aliphatic heterocycles. The van der Waals surface area contributed by atoms with Crippen molar-refractivity contribution in [3.8, 4) is 0 Å². The molecule has 1 aliphatic carbocycles. The van der Waals surface area contributed by atoms with Gasteiger partial charge in [-0.05, 0) is 38.8 Å². The van der Waals surface area contributed by atoms with Crippen molar-refractivity contribution in [1.82, 2.24) is 4.90 Å². The highest BCUT2D eigenvalue weighted by Crippen LogP contribution is 2.27. The molecule has 1 heterocycles. The van der Waals surface area contributed by atoms with E-state index in [0.29, 0.717) is 5.76 Å². The highest BCUT2D eigenvalue weighted by Gasteiger charge is 2.20. The fourth-order valence-corrected chi connectivity index (χ4v) is 2.25. The summed E-state index contributed by atoms with van der Waals surface area (Å²) in [6, 6.07) is 1.63. The summed E-state index contributed by atoms with van der Waals surface area (Å²) in [6.45, 7) is 3.67. The molecule has 0 bridgehead atoms. The van der Waals surface area contributed by atoms with Crippen LogP contribution < -0.4 is 0 Å². The summed E-state index contributed by atoms with van der Waals surface area (Å²) in [5.74, 6) is 0.574. The van der Waals surface area contributed by atoms with Gasteiger partial charge in [0.15, 0.2) is 0 Å². The molecule has 0 atom stereocenters. The van der Waals surface area contributed by atoms with Crippen LogP contribution in [0.25, 0.3) is 0 Å². The van der Waals surface area contributed by atoms with Crippen LogP contribution in [0.5, 0.6) is 0 Å². The monoisotopic (exact) mass is 237 g/mol. The van der Waals surface area contributed by atoms with E-state index in [4.69, 9.17) is 9.52 Å². The maximum atomic E-state index is 10.8. The molecular weight excluding hydrogens is 218 g/mol. The fraction of sp³-hybridized carbons (Fsp3) is 0.615. The van der Waals surface area contributed by atoms with E-state index in [-0.39, 0.29) is 5.76 Å². The van der Waals surface area contributed by atoms with Crippen molar-refractivity contribution in [1.29, 1.82) is 0 Å². The number of hydrogen-bond acceptors (Lipinski definition) is 3. The number of carboxylic acids is 1. The Bertz CT molecular complexity index is 407. The van der Waals surface area contributed by atoms with Crippen molar-refractivity contribution < 1.29 is 14.3 Å². The zero-order valence-electron chi connectivity index (χ0n) is 10.4. The predicted octanol–water partition coefficient (Wildman–Crippen LogP) is 2.52. The minimum atomic E-state index is -0.999. The molecule has 1 aliphatic rings. The second-order valence-electron chi connectivity index (χ2n) is 4.99. The normalized spacial score (nSPS) is 16.2. The van der Waals surface area contributed by atoms with Crippen molar-refractivity contribution in [2.75, 3.05) is 13.6 Å². The van der Waals surface area contributed by atoms with Crippen molar-refractivity contribution in [3.05, 3.63) is 23.2 Å². The number of hydrogen-bond donors (Lipinski definition) is 1. The van der Waals surface area contributed by atoms with Gasteiger partial charge < -0.3 is 14.4 Å². The second-order valence-corrected chi connectivity index (χ2v) is 4.99. The first kappa shape index (κ1) is 12.2. The van der Waals surface area contributed by atoms with Crippen LogP contribution in [0.3, 0.4) is 0 Å². The molecule has 2 rings (SSSR count). The number of carbonyl (C=O) groups is 1. The summed E-state index contributed by atoms with van der Waals surface area (Å²) in [5, 5.41) is 8.84. The van der Waals surface area contributed by atoms with Crippen LogP contribution in [-0.4, -0.2) is 29.6 Å². The molecule has 0 saturated heterocycles. The van der Waals surface area contributed by atoms with E-state index in [1.165, 1.54) is 19.3 Å². The summed E-state index contributed by atoms with van der Waals surface area (Å²) in [7, 11) is 2.07. The van der Waals surface area contributed by atoms with Gasteiger partial charge >= 0.3 is 5.97 Å². The van der Waals surface area contributed by atoms with Gasteiger partial charge in [-0.1, -0.05) is 6.42 Å². The van der Waals surface area contributed by atoms with Crippen LogP contribution in [0.15, 0.2) is 10.5 Å². The molecule has 1 aromatic rings. The maximum Gasteiger partial charge on any atom is 0.371 e. The SMILES string of the molecule is Cc1oc(C(=O)O)cc1CN(C)CC1CCC1. The summed E-state index contributed by atoms with van der Waals surface area (Å²) in [5.41, 5.74) is 0.976. The van der Waals surface area contributed by atoms with E-state index in [9.17, 15) is 4.79 Å². The molecule has 17 heavy (non-hydrogen) atoms. The van der Waals surface area contributed by atoms with Crippen LogP contribution in [0.4, 0.5) is 0 Å². The summed E-state index contributed by atoms with van der Waals surface area (Å²) >= 11 is 0. The zero-order chi connectivity index (χ0) is 12.4. The number of aryl methyl sites for hydroxylation is 1. The quantitative estimate of drug-likeness (QED) is 0.855. The van der Waals surface area contributed by atoms with Gasteiger partial charge in [0, 0.05) is 18.7 Å². The second kappa shape index (κ2) is 4.92. The standard InChI is InChI=1S/C13H19NO3/c1-9-11(6-12(17-9)13(15)16)8-14(2)7-10-4-3-5-10/h6,10H,3-5,7-8H2,1-2H3,(H,15,16). The lowest BCUT2D eigenvalue weighted by atomic mass is 9.85. The van der Waals surface area contributed by atoms with Gasteiger partial charge in [-0.25, -0.2) is 4.79 Å². The van der Waals surface area contributed by atoms with Gasteiger partial charge in [0.1, 0.15) is 5.76 Å². The van der Waals surface area contributed by atoms with Crippen molar-refractivity contribution >= 4 is 5.97 Å². The number of furan rings is 1. The third-order valence-corrected chi connectivity index (χ3v) is 3.47. The van der Waals surface area contributed by atoms with Crippen LogP contribution in [0, 0.1) is 12.8 Å². The molecule has 4 nitrogen and oxygen atoms in total. The zero-order valence-corrected chi connectivity index (χ0v) is 10.4. The minimum Gasteiger partial charge on any atom is -0.475 e. The fourth-order valence-electron chi connectivity index (χ4n) is 2.25. The third-order valence-electron chi connectivity index (χ3n) is 3.47. The molecular formula is C13H19NO3. The first-order valence-corrected chi connectivity index (χ1v) is 6.07. The molecule has 0 radical (unpaired) electrons. The number of nitrogens with zero attached hydrogens (tertiary/aromatic N) is 1. The van der Waals surface area contributed by atoms with Crippen molar-refractivity contribution in [2.24, 2.45) is 5.92 Å². The summed E-state index contributed by atoms with van der Waals surface area (Å²) in [6.07, 6.45) is 4.01. The highest BCUT2D eigenvalue weighted by molar-refractivity contribution is 5.84. The van der Waals surface area contributed by atoms with Crippen LogP contribution >= 0.6 is 0 Å². The summed E-state index contributed by atoms with van der Waals surface area (Å²) in [4.78, 5) is 13.0. The van der Waals surface area contributed by atoms with E-state index < -0.39 is 5.97 Å². The van der Waals surface area contributed by atoms with Gasteiger partial charge in [-0.3, -0.25) is 0 Å². The topological polar surface area (TPSA) is 53.7 Å². The predicted molar refractivity (Wildman–Crippen MR) is 64.1 cm³/mol. The largest absolute Gasteiger partial charge is 0.475 e. The van der Waals surface area contributed by atoms with Crippen LogP contribution in [-0.2, 0) is 6.54 Å². The molecule has 94 valence electrons. The van der Waals surface area contributed by atoms with Gasteiger partial charge in [0.2, 0.25) is 5.76 Å².